The lowest BCUT2D eigenvalue weighted by Gasteiger charge is -2.15. The van der Waals surface area contributed by atoms with Crippen molar-refractivity contribution in [2.24, 2.45) is 5.92 Å². The second-order valence-corrected chi connectivity index (χ2v) is 6.60. The second-order valence-electron chi connectivity index (χ2n) is 4.92. The minimum Gasteiger partial charge on any atom is -0.495 e. The van der Waals surface area contributed by atoms with Gasteiger partial charge in [0.25, 0.3) is 0 Å². The van der Waals surface area contributed by atoms with E-state index in [0.717, 1.165) is 12.8 Å². The van der Waals surface area contributed by atoms with Gasteiger partial charge in [-0.05, 0) is 43.9 Å². The molecular weight excluding hydrogens is 282 g/mol. The Morgan fingerprint density at radius 3 is 2.60 bits per heavy atom. The molecule has 1 aliphatic carbocycles. The number of sulfonamides is 1. The van der Waals surface area contributed by atoms with Crippen LogP contribution in [0.4, 0.5) is 0 Å². The standard InChI is InChI=1S/C13H17NO5S/c1-8(9-3-4-9)14-20(17,18)12-6-5-10(13(15)16)7-11(12)19-2/h5-9,14H,3-4H2,1-2H3,(H,15,16). The van der Waals surface area contributed by atoms with Crippen LogP contribution in [0.3, 0.4) is 0 Å². The average molecular weight is 299 g/mol. The molecule has 2 N–H and O–H groups in total. The fourth-order valence-electron chi connectivity index (χ4n) is 2.02. The number of ether oxygens (including phenoxy) is 1. The Morgan fingerprint density at radius 1 is 1.45 bits per heavy atom. The minimum absolute atomic E-state index is 0.0176. The maximum Gasteiger partial charge on any atom is 0.335 e. The van der Waals surface area contributed by atoms with E-state index in [4.69, 9.17) is 9.84 Å². The molecular formula is C13H17NO5S. The van der Waals surface area contributed by atoms with Gasteiger partial charge in [-0.2, -0.15) is 0 Å². The molecule has 0 radical (unpaired) electrons. The number of hydrogen-bond acceptors (Lipinski definition) is 4. The number of nitrogens with one attached hydrogen (secondary N) is 1. The highest BCUT2D eigenvalue weighted by Crippen LogP contribution is 2.33. The number of carbonyl (C=O) groups is 1. The van der Waals surface area contributed by atoms with Crippen molar-refractivity contribution < 1.29 is 23.1 Å². The predicted molar refractivity (Wildman–Crippen MR) is 72.5 cm³/mol. The van der Waals surface area contributed by atoms with Gasteiger partial charge in [0, 0.05) is 6.04 Å². The van der Waals surface area contributed by atoms with E-state index in [9.17, 15) is 13.2 Å². The van der Waals surface area contributed by atoms with Crippen molar-refractivity contribution >= 4 is 16.0 Å². The van der Waals surface area contributed by atoms with E-state index in [1.165, 1.54) is 25.3 Å². The SMILES string of the molecule is COc1cc(C(=O)O)ccc1S(=O)(=O)NC(C)C1CC1. The topological polar surface area (TPSA) is 92.7 Å². The molecule has 0 saturated heterocycles. The van der Waals surface area contributed by atoms with Gasteiger partial charge in [0.05, 0.1) is 12.7 Å². The molecule has 0 bridgehead atoms. The Kier molecular flexibility index (Phi) is 4.01. The molecule has 1 unspecified atom stereocenters. The Bertz CT molecular complexity index is 622. The van der Waals surface area contributed by atoms with Crippen LogP contribution in [0.1, 0.15) is 30.1 Å². The normalized spacial score (nSPS) is 16.7. The number of aromatic carboxylic acids is 1. The quantitative estimate of drug-likeness (QED) is 0.829. The molecule has 0 spiro atoms. The van der Waals surface area contributed by atoms with E-state index in [1.54, 1.807) is 0 Å². The number of carboxylic acids is 1. The van der Waals surface area contributed by atoms with E-state index >= 15 is 0 Å². The van der Waals surface area contributed by atoms with E-state index in [2.05, 4.69) is 4.72 Å². The molecule has 1 fully saturated rings. The fourth-order valence-corrected chi connectivity index (χ4v) is 3.49. The molecule has 1 aliphatic rings. The fraction of sp³-hybridized carbons (Fsp3) is 0.462. The minimum atomic E-state index is -3.72. The van der Waals surface area contributed by atoms with Crippen molar-refractivity contribution in [1.82, 2.24) is 4.72 Å². The molecule has 7 heteroatoms. The van der Waals surface area contributed by atoms with Crippen LogP contribution < -0.4 is 9.46 Å². The van der Waals surface area contributed by atoms with Gasteiger partial charge in [-0.3, -0.25) is 0 Å². The Hall–Kier alpha value is -1.60. The Labute approximate surface area is 117 Å². The first kappa shape index (κ1) is 14.8. The zero-order chi connectivity index (χ0) is 14.9. The van der Waals surface area contributed by atoms with Crippen molar-refractivity contribution in [3.63, 3.8) is 0 Å². The molecule has 1 atom stereocenters. The van der Waals surface area contributed by atoms with Crippen LogP contribution >= 0.6 is 0 Å². The second kappa shape index (κ2) is 5.41. The molecule has 0 aliphatic heterocycles. The van der Waals surface area contributed by atoms with Crippen molar-refractivity contribution in [2.75, 3.05) is 7.11 Å². The number of hydrogen-bond donors (Lipinski definition) is 2. The summed E-state index contributed by atoms with van der Waals surface area (Å²) in [6.07, 6.45) is 2.05. The lowest BCUT2D eigenvalue weighted by atomic mass is 10.2. The molecule has 20 heavy (non-hydrogen) atoms. The molecule has 1 aromatic carbocycles. The Morgan fingerprint density at radius 2 is 2.10 bits per heavy atom. The largest absolute Gasteiger partial charge is 0.495 e. The molecule has 2 rings (SSSR count). The van der Waals surface area contributed by atoms with Gasteiger partial charge < -0.3 is 9.84 Å². The number of rotatable bonds is 6. The van der Waals surface area contributed by atoms with E-state index < -0.39 is 16.0 Å². The number of carboxylic acid groups (broad SMARTS) is 1. The maximum absolute atomic E-state index is 12.3. The smallest absolute Gasteiger partial charge is 0.335 e. The highest BCUT2D eigenvalue weighted by molar-refractivity contribution is 7.89. The van der Waals surface area contributed by atoms with Crippen molar-refractivity contribution in [2.45, 2.75) is 30.7 Å². The van der Waals surface area contributed by atoms with Gasteiger partial charge in [-0.25, -0.2) is 17.9 Å². The monoisotopic (exact) mass is 299 g/mol. The van der Waals surface area contributed by atoms with Crippen LogP contribution in [0.15, 0.2) is 23.1 Å². The summed E-state index contributed by atoms with van der Waals surface area (Å²) in [6.45, 7) is 1.83. The van der Waals surface area contributed by atoms with Crippen molar-refractivity contribution in [1.29, 1.82) is 0 Å². The van der Waals surface area contributed by atoms with E-state index in [0.29, 0.717) is 5.92 Å². The van der Waals surface area contributed by atoms with Crippen LogP contribution in [0.5, 0.6) is 5.75 Å². The summed E-state index contributed by atoms with van der Waals surface area (Å²) in [6, 6.07) is 3.58. The predicted octanol–water partition coefficient (Wildman–Crippen LogP) is 1.47. The molecule has 110 valence electrons. The molecule has 1 saturated carbocycles. The lowest BCUT2D eigenvalue weighted by molar-refractivity contribution is 0.0696. The Balaban J connectivity index is 2.32. The summed E-state index contributed by atoms with van der Waals surface area (Å²) in [4.78, 5) is 10.8. The lowest BCUT2D eigenvalue weighted by Crippen LogP contribution is -2.34. The van der Waals surface area contributed by atoms with Crippen LogP contribution in [-0.2, 0) is 10.0 Å². The summed E-state index contributed by atoms with van der Waals surface area (Å²) in [5.41, 5.74) is -0.0176. The van der Waals surface area contributed by atoms with Crippen molar-refractivity contribution in [3.8, 4) is 5.75 Å². The first-order valence-corrected chi connectivity index (χ1v) is 7.77. The zero-order valence-corrected chi connectivity index (χ0v) is 12.1. The zero-order valence-electron chi connectivity index (χ0n) is 11.3. The van der Waals surface area contributed by atoms with Crippen LogP contribution in [0, 0.1) is 5.92 Å². The first-order chi connectivity index (χ1) is 9.35. The van der Waals surface area contributed by atoms with E-state index in [-0.39, 0.29) is 22.3 Å². The van der Waals surface area contributed by atoms with Crippen LogP contribution in [-0.4, -0.2) is 32.6 Å². The molecule has 6 nitrogen and oxygen atoms in total. The van der Waals surface area contributed by atoms with Crippen molar-refractivity contribution in [3.05, 3.63) is 23.8 Å². The van der Waals surface area contributed by atoms with Gasteiger partial charge in [0.1, 0.15) is 10.6 Å². The summed E-state index contributed by atoms with van der Waals surface area (Å²) in [7, 11) is -2.41. The number of benzene rings is 1. The molecule has 1 aromatic rings. The van der Waals surface area contributed by atoms with Gasteiger partial charge in [-0.15, -0.1) is 0 Å². The third-order valence-electron chi connectivity index (χ3n) is 3.37. The molecule has 0 aromatic heterocycles. The van der Waals surface area contributed by atoms with Crippen LogP contribution in [0.2, 0.25) is 0 Å². The number of methoxy groups -OCH3 is 1. The van der Waals surface area contributed by atoms with Crippen LogP contribution in [0.25, 0.3) is 0 Å². The summed E-state index contributed by atoms with van der Waals surface area (Å²) >= 11 is 0. The van der Waals surface area contributed by atoms with Gasteiger partial charge in [0.15, 0.2) is 0 Å². The van der Waals surface area contributed by atoms with Gasteiger partial charge in [0.2, 0.25) is 10.0 Å². The highest BCUT2D eigenvalue weighted by Gasteiger charge is 2.32. The molecule has 0 heterocycles. The summed E-state index contributed by atoms with van der Waals surface area (Å²) in [5, 5.41) is 8.90. The summed E-state index contributed by atoms with van der Waals surface area (Å²) in [5.74, 6) is -0.721. The van der Waals surface area contributed by atoms with Gasteiger partial charge in [-0.1, -0.05) is 0 Å². The third kappa shape index (κ3) is 3.10. The highest BCUT2D eigenvalue weighted by atomic mass is 32.2. The first-order valence-electron chi connectivity index (χ1n) is 6.29. The average Bonchev–Trinajstić information content (AvgIpc) is 3.21. The summed E-state index contributed by atoms with van der Waals surface area (Å²) < 4.78 is 32.2. The molecule has 0 amide bonds. The van der Waals surface area contributed by atoms with E-state index in [1.807, 2.05) is 6.92 Å². The third-order valence-corrected chi connectivity index (χ3v) is 4.97. The van der Waals surface area contributed by atoms with Gasteiger partial charge >= 0.3 is 5.97 Å². The maximum atomic E-state index is 12.3.